The molecule has 384 valence electrons. The molecule has 0 fully saturated rings. The molecule has 0 spiro atoms. The van der Waals surface area contributed by atoms with E-state index in [1.54, 1.807) is 0 Å². The third-order valence-electron chi connectivity index (χ3n) is 19.4. The fourth-order valence-corrected chi connectivity index (χ4v) is 15.8. The second kappa shape index (κ2) is 16.6. The maximum absolute atomic E-state index is 7.22. The number of fused-ring (bicyclic) bond motifs is 14. The first-order valence-electron chi connectivity index (χ1n) is 29.1. The first-order chi connectivity index (χ1) is 38.5. The van der Waals surface area contributed by atoms with Gasteiger partial charge < -0.3 is 18.7 Å². The number of furan rings is 1. The first kappa shape index (κ1) is 46.8. The number of benzene rings is 8. The number of aryl methyl sites for hydroxylation is 1. The maximum atomic E-state index is 7.22. The minimum Gasteiger partial charge on any atom is -0.456 e. The summed E-state index contributed by atoms with van der Waals surface area (Å²) in [5, 5.41) is 3.69. The molecule has 0 atom stereocenters. The molecule has 0 unspecified atom stereocenters. The molecular weight excluding hydrogens is 958 g/mol. The van der Waals surface area contributed by atoms with Gasteiger partial charge in [0.05, 0.1) is 11.4 Å². The molecule has 2 aliphatic heterocycles. The molecule has 16 rings (SSSR count). The topological polar surface area (TPSA) is 24.6 Å². The van der Waals surface area contributed by atoms with Gasteiger partial charge in [-0.05, 0) is 142 Å². The second-order valence-corrected chi connectivity index (χ2v) is 24.8. The quantitative estimate of drug-likeness (QED) is 0.142. The number of rotatable bonds is 8. The van der Waals surface area contributed by atoms with Crippen molar-refractivity contribution in [3.05, 3.63) is 238 Å². The predicted molar refractivity (Wildman–Crippen MR) is 333 cm³/mol. The van der Waals surface area contributed by atoms with Gasteiger partial charge in [0, 0.05) is 89.1 Å². The molecule has 6 aliphatic rings. The molecule has 4 aliphatic carbocycles. The normalized spacial score (nSPS) is 17.2. The Labute approximate surface area is 464 Å². The molecule has 4 nitrogen and oxygen atoms in total. The van der Waals surface area contributed by atoms with Crippen LogP contribution in [0.4, 0.5) is 28.4 Å². The fraction of sp³-hybridized carbons (Fsp3) is 0.216. The molecule has 10 aromatic rings. The third kappa shape index (κ3) is 6.28. The van der Waals surface area contributed by atoms with Crippen LogP contribution in [0.5, 0.6) is 0 Å². The molecule has 8 aromatic carbocycles. The van der Waals surface area contributed by atoms with Crippen molar-refractivity contribution in [1.82, 2.24) is 4.48 Å². The van der Waals surface area contributed by atoms with Crippen LogP contribution < -0.4 is 20.7 Å². The highest BCUT2D eigenvalue weighted by molar-refractivity contribution is 6.90. The Morgan fingerprint density at radius 2 is 1.35 bits per heavy atom. The van der Waals surface area contributed by atoms with Crippen LogP contribution in [0.25, 0.3) is 60.7 Å². The van der Waals surface area contributed by atoms with Crippen molar-refractivity contribution in [2.24, 2.45) is 0 Å². The van der Waals surface area contributed by atoms with Crippen LogP contribution in [0.3, 0.4) is 0 Å². The van der Waals surface area contributed by atoms with Gasteiger partial charge in [0.2, 0.25) is 0 Å². The summed E-state index contributed by atoms with van der Waals surface area (Å²) in [6.07, 6.45) is 18.0. The summed E-state index contributed by atoms with van der Waals surface area (Å²) in [4.78, 5) is 5.28. The Kier molecular flexibility index (Phi) is 9.85. The summed E-state index contributed by atoms with van der Waals surface area (Å²) in [6, 6.07) is 60.4. The number of allylic oxidation sites excluding steroid dienone is 8. The van der Waals surface area contributed by atoms with Crippen molar-refractivity contribution in [3.8, 4) is 22.3 Å². The zero-order chi connectivity index (χ0) is 53.3. The summed E-state index contributed by atoms with van der Waals surface area (Å²) in [5.41, 5.74) is 30.0. The number of aromatic nitrogens is 1. The zero-order valence-corrected chi connectivity index (χ0v) is 46.5. The average Bonchev–Trinajstić information content (AvgIpc) is 1.98. The van der Waals surface area contributed by atoms with Crippen molar-refractivity contribution in [2.45, 2.75) is 103 Å². The van der Waals surface area contributed by atoms with Crippen LogP contribution in [0.2, 0.25) is 0 Å². The Bertz CT molecular complexity index is 4420. The Morgan fingerprint density at radius 1 is 0.620 bits per heavy atom. The molecule has 79 heavy (non-hydrogen) atoms. The van der Waals surface area contributed by atoms with E-state index in [-0.39, 0.29) is 23.1 Å². The van der Waals surface area contributed by atoms with Gasteiger partial charge in [-0.3, -0.25) is 0 Å². The number of hydrogen-bond donors (Lipinski definition) is 0. The molecule has 0 saturated heterocycles. The van der Waals surface area contributed by atoms with Crippen LogP contribution in [-0.4, -0.2) is 11.3 Å². The minimum atomic E-state index is -0.291. The monoisotopic (exact) mass is 1020 g/mol. The van der Waals surface area contributed by atoms with Gasteiger partial charge in [0.1, 0.15) is 11.2 Å². The molecule has 0 N–H and O–H groups in total. The van der Waals surface area contributed by atoms with Crippen LogP contribution in [0, 0.1) is 0 Å². The van der Waals surface area contributed by atoms with Gasteiger partial charge in [-0.2, -0.15) is 0 Å². The van der Waals surface area contributed by atoms with Gasteiger partial charge in [-0.25, -0.2) is 0 Å². The van der Waals surface area contributed by atoms with Crippen molar-refractivity contribution < 1.29 is 4.42 Å². The highest BCUT2D eigenvalue weighted by Gasteiger charge is 2.53. The van der Waals surface area contributed by atoms with E-state index in [1.165, 1.54) is 134 Å². The van der Waals surface area contributed by atoms with Gasteiger partial charge in [-0.15, -0.1) is 0 Å². The minimum absolute atomic E-state index is 0.181. The highest BCUT2D eigenvalue weighted by atomic mass is 16.3. The van der Waals surface area contributed by atoms with E-state index in [0.29, 0.717) is 0 Å². The van der Waals surface area contributed by atoms with Gasteiger partial charge in [0.15, 0.2) is 0 Å². The van der Waals surface area contributed by atoms with E-state index in [4.69, 9.17) is 4.42 Å². The lowest BCUT2D eigenvalue weighted by atomic mass is 9.43. The Balaban J connectivity index is 1.10. The largest absolute Gasteiger partial charge is 0.456 e. The van der Waals surface area contributed by atoms with E-state index >= 15 is 0 Å². The number of anilines is 5. The lowest BCUT2D eigenvalue weighted by Crippen LogP contribution is -2.58. The highest BCUT2D eigenvalue weighted by Crippen LogP contribution is 2.61. The Morgan fingerprint density at radius 3 is 2.11 bits per heavy atom. The molecule has 0 bridgehead atoms. The third-order valence-corrected chi connectivity index (χ3v) is 19.4. The average molecular weight is 1020 g/mol. The van der Waals surface area contributed by atoms with Crippen molar-refractivity contribution in [3.63, 3.8) is 0 Å². The molecule has 0 amide bonds. The van der Waals surface area contributed by atoms with Crippen molar-refractivity contribution in [1.29, 1.82) is 0 Å². The maximum Gasteiger partial charge on any atom is 0.332 e. The number of para-hydroxylation sites is 2. The second-order valence-electron chi connectivity index (χ2n) is 24.8. The van der Waals surface area contributed by atoms with E-state index < -0.39 is 0 Å². The van der Waals surface area contributed by atoms with E-state index in [1.807, 2.05) is 0 Å². The van der Waals surface area contributed by atoms with Gasteiger partial charge in [-0.1, -0.05) is 188 Å². The van der Waals surface area contributed by atoms with Crippen molar-refractivity contribution in [2.75, 3.05) is 9.80 Å². The lowest BCUT2D eigenvalue weighted by Gasteiger charge is -2.47. The standard InChI is InChI=1S/C74H64BN3O/c1-8-9-24-45-37-39-59(52(41-45)46-25-13-10-14-26-46)77-61-43-57-56(72(2,3)54-33-20-21-34-55(54)73(57,4)5)42-58(61)75-69-62(77)44-64-65(50-31-19-22-36-63(50)79-64)66(69)51-38-40-60(76(47-27-15-11-16-28-47)48-29-17-12-18-30-48)68-67-49-32-23-35-53(49)74(6,7)71(67)78(75)70(51)68/h10-17,19-23,25-29,31,33-44H,8-9,18,24,30,32H2,1-7H3. The van der Waals surface area contributed by atoms with E-state index in [2.05, 4.69) is 251 Å². The fourth-order valence-electron chi connectivity index (χ4n) is 15.8. The lowest BCUT2D eigenvalue weighted by molar-refractivity contribution is 0.521. The number of unbranched alkanes of at least 4 members (excludes halogenated alkanes) is 1. The summed E-state index contributed by atoms with van der Waals surface area (Å²) in [6.45, 7) is 17.0. The van der Waals surface area contributed by atoms with Crippen LogP contribution in [0.15, 0.2) is 204 Å². The summed E-state index contributed by atoms with van der Waals surface area (Å²) in [7, 11) is 0. The SMILES string of the molecule is CCCCc1ccc(N2c3cc4c(cc3B3c5c2cc2oc6ccccc6c2c5-c2ccc(N(C5=CC=CCC5)c5ccccc5)c5c6c(n3c25)C(C)(C)C2=C6CC=C2)C(C)(C)c2ccccc2C4(C)C)c(-c2ccccc2)c1. The van der Waals surface area contributed by atoms with Crippen LogP contribution in [0.1, 0.15) is 120 Å². The molecule has 0 saturated carbocycles. The van der Waals surface area contributed by atoms with Crippen molar-refractivity contribution >= 4 is 84.6 Å². The van der Waals surface area contributed by atoms with Gasteiger partial charge in [0.25, 0.3) is 0 Å². The van der Waals surface area contributed by atoms with E-state index in [0.717, 1.165) is 55.1 Å². The molecule has 0 radical (unpaired) electrons. The molecule has 2 aromatic heterocycles. The van der Waals surface area contributed by atoms with Crippen LogP contribution >= 0.6 is 0 Å². The first-order valence-corrected chi connectivity index (χ1v) is 29.1. The molecule has 4 heterocycles. The molecular formula is C74H64BN3O. The van der Waals surface area contributed by atoms with E-state index in [9.17, 15) is 0 Å². The molecule has 5 heteroatoms. The summed E-state index contributed by atoms with van der Waals surface area (Å²) >= 11 is 0. The zero-order valence-electron chi connectivity index (χ0n) is 46.5. The van der Waals surface area contributed by atoms with Crippen LogP contribution in [-0.2, 0) is 22.7 Å². The predicted octanol–water partition coefficient (Wildman–Crippen LogP) is 18.3. The number of nitrogens with zero attached hydrogens (tertiary/aromatic N) is 3. The number of hydrogen-bond acceptors (Lipinski definition) is 3. The summed E-state index contributed by atoms with van der Waals surface area (Å²) in [5.74, 6) is 0. The van der Waals surface area contributed by atoms with Gasteiger partial charge >= 0.3 is 6.85 Å². The Hall–Kier alpha value is -8.28. The summed E-state index contributed by atoms with van der Waals surface area (Å²) < 4.78 is 10.1. The smallest absolute Gasteiger partial charge is 0.332 e.